The molecule has 1 unspecified atom stereocenters. The van der Waals surface area contributed by atoms with E-state index in [1.54, 1.807) is 6.07 Å². The van der Waals surface area contributed by atoms with Crippen molar-refractivity contribution in [3.8, 4) is 0 Å². The summed E-state index contributed by atoms with van der Waals surface area (Å²) in [5, 5.41) is 0. The fraction of sp³-hybridized carbons (Fsp3) is 0.500. The predicted octanol–water partition coefficient (Wildman–Crippen LogP) is 1.42. The number of nitrogens with two attached hydrogens (primary N) is 1. The molecule has 0 radical (unpaired) electrons. The molecule has 1 atom stereocenters. The van der Waals surface area contributed by atoms with Crippen LogP contribution in [0.2, 0.25) is 0 Å². The average Bonchev–Trinajstić information content (AvgIpc) is 2.32. The Morgan fingerprint density at radius 1 is 1.38 bits per heavy atom. The minimum Gasteiger partial charge on any atom is -0.379 e. The first-order chi connectivity index (χ1) is 7.68. The first-order valence-corrected chi connectivity index (χ1v) is 5.52. The molecule has 1 aliphatic rings. The molecule has 1 aromatic rings. The van der Waals surface area contributed by atoms with Crippen LogP contribution in [0.15, 0.2) is 18.2 Å². The summed E-state index contributed by atoms with van der Waals surface area (Å²) in [7, 11) is 0. The van der Waals surface area contributed by atoms with Crippen molar-refractivity contribution in [1.29, 1.82) is 0 Å². The van der Waals surface area contributed by atoms with Crippen LogP contribution in [0.5, 0.6) is 0 Å². The van der Waals surface area contributed by atoms with Gasteiger partial charge in [-0.15, -0.1) is 0 Å². The van der Waals surface area contributed by atoms with Crippen molar-refractivity contribution in [3.05, 3.63) is 35.1 Å². The number of halogens is 1. The van der Waals surface area contributed by atoms with Crippen LogP contribution in [0.1, 0.15) is 17.3 Å². The molecule has 88 valence electrons. The lowest BCUT2D eigenvalue weighted by Crippen LogP contribution is -2.42. The molecule has 0 spiro atoms. The number of hydrogen-bond donors (Lipinski definition) is 1. The molecule has 1 saturated heterocycles. The van der Waals surface area contributed by atoms with Crippen LogP contribution >= 0.6 is 0 Å². The van der Waals surface area contributed by atoms with Crippen molar-refractivity contribution < 1.29 is 9.13 Å². The van der Waals surface area contributed by atoms with Crippen molar-refractivity contribution in [2.45, 2.75) is 13.1 Å². The van der Waals surface area contributed by atoms with Crippen molar-refractivity contribution in [3.63, 3.8) is 0 Å². The van der Waals surface area contributed by atoms with E-state index < -0.39 is 0 Å². The molecule has 1 aromatic carbocycles. The Kier molecular flexibility index (Phi) is 3.53. The van der Waals surface area contributed by atoms with Crippen molar-refractivity contribution in [1.82, 2.24) is 4.90 Å². The van der Waals surface area contributed by atoms with Gasteiger partial charge in [0.15, 0.2) is 0 Å². The van der Waals surface area contributed by atoms with Gasteiger partial charge < -0.3 is 10.5 Å². The number of aryl methyl sites for hydroxylation is 1. The minimum absolute atomic E-state index is 0.232. The number of benzene rings is 1. The predicted molar refractivity (Wildman–Crippen MR) is 60.5 cm³/mol. The van der Waals surface area contributed by atoms with Crippen LogP contribution in [0.4, 0.5) is 4.39 Å². The van der Waals surface area contributed by atoms with Crippen LogP contribution in [-0.2, 0) is 4.74 Å². The second-order valence-electron chi connectivity index (χ2n) is 4.09. The third kappa shape index (κ3) is 2.40. The summed E-state index contributed by atoms with van der Waals surface area (Å²) in [4.78, 5) is 2.12. The summed E-state index contributed by atoms with van der Waals surface area (Å²) in [6.45, 7) is 4.95. The highest BCUT2D eigenvalue weighted by molar-refractivity contribution is 5.29. The maximum atomic E-state index is 13.2. The normalized spacial score (nSPS) is 19.7. The maximum absolute atomic E-state index is 13.2. The van der Waals surface area contributed by atoms with E-state index in [9.17, 15) is 4.39 Å². The molecule has 0 saturated carbocycles. The van der Waals surface area contributed by atoms with Crippen molar-refractivity contribution in [2.75, 3.05) is 26.3 Å². The van der Waals surface area contributed by atoms with Crippen LogP contribution < -0.4 is 5.73 Å². The molecule has 0 aromatic heterocycles. The lowest BCUT2D eigenvalue weighted by Gasteiger charge is -2.32. The fourth-order valence-electron chi connectivity index (χ4n) is 1.98. The quantitative estimate of drug-likeness (QED) is 0.825. The number of morpholine rings is 1. The minimum atomic E-state index is -0.236. The molecule has 1 aliphatic heterocycles. The highest BCUT2D eigenvalue weighted by atomic mass is 19.1. The third-order valence-corrected chi connectivity index (χ3v) is 3.00. The zero-order valence-corrected chi connectivity index (χ0v) is 9.45. The Morgan fingerprint density at radius 3 is 2.75 bits per heavy atom. The standard InChI is InChI=1S/C12H17FN2O/c1-9-2-3-10(13)8-11(9)12(14)15-4-6-16-7-5-15/h2-3,8,12H,4-7,14H2,1H3. The van der Waals surface area contributed by atoms with Gasteiger partial charge in [-0.1, -0.05) is 6.07 Å². The summed E-state index contributed by atoms with van der Waals surface area (Å²) >= 11 is 0. The SMILES string of the molecule is Cc1ccc(F)cc1C(N)N1CCOCC1. The van der Waals surface area contributed by atoms with E-state index in [-0.39, 0.29) is 12.0 Å². The van der Waals surface area contributed by atoms with Gasteiger partial charge in [0.1, 0.15) is 5.82 Å². The highest BCUT2D eigenvalue weighted by Crippen LogP contribution is 2.21. The zero-order valence-electron chi connectivity index (χ0n) is 9.45. The van der Waals surface area contributed by atoms with E-state index >= 15 is 0 Å². The Balaban J connectivity index is 2.18. The monoisotopic (exact) mass is 224 g/mol. The van der Waals surface area contributed by atoms with Gasteiger partial charge in [-0.2, -0.15) is 0 Å². The smallest absolute Gasteiger partial charge is 0.123 e. The summed E-state index contributed by atoms with van der Waals surface area (Å²) in [6, 6.07) is 4.76. The van der Waals surface area contributed by atoms with Gasteiger partial charge in [-0.3, -0.25) is 4.90 Å². The van der Waals surface area contributed by atoms with Gasteiger partial charge in [0.25, 0.3) is 0 Å². The molecule has 1 fully saturated rings. The molecule has 2 N–H and O–H groups in total. The summed E-state index contributed by atoms with van der Waals surface area (Å²) < 4.78 is 18.4. The molecule has 16 heavy (non-hydrogen) atoms. The zero-order chi connectivity index (χ0) is 11.5. The topological polar surface area (TPSA) is 38.5 Å². The Morgan fingerprint density at radius 2 is 2.06 bits per heavy atom. The van der Waals surface area contributed by atoms with Gasteiger partial charge in [-0.25, -0.2) is 4.39 Å². The van der Waals surface area contributed by atoms with Crippen LogP contribution in [0.25, 0.3) is 0 Å². The van der Waals surface area contributed by atoms with E-state index in [0.29, 0.717) is 13.2 Å². The van der Waals surface area contributed by atoms with E-state index in [1.807, 2.05) is 6.92 Å². The highest BCUT2D eigenvalue weighted by Gasteiger charge is 2.20. The summed E-state index contributed by atoms with van der Waals surface area (Å²) in [6.07, 6.45) is -0.236. The van der Waals surface area contributed by atoms with Crippen LogP contribution in [0.3, 0.4) is 0 Å². The molecular formula is C12H17FN2O. The largest absolute Gasteiger partial charge is 0.379 e. The van der Waals surface area contributed by atoms with E-state index in [1.165, 1.54) is 12.1 Å². The van der Waals surface area contributed by atoms with Crippen LogP contribution in [-0.4, -0.2) is 31.2 Å². The first kappa shape index (κ1) is 11.5. The molecule has 4 heteroatoms. The lowest BCUT2D eigenvalue weighted by molar-refractivity contribution is 0.0171. The van der Waals surface area contributed by atoms with E-state index in [2.05, 4.69) is 4.90 Å². The molecule has 0 amide bonds. The maximum Gasteiger partial charge on any atom is 0.123 e. The molecule has 0 bridgehead atoms. The average molecular weight is 224 g/mol. The second-order valence-corrected chi connectivity index (χ2v) is 4.09. The second kappa shape index (κ2) is 4.91. The molecular weight excluding hydrogens is 207 g/mol. The summed E-state index contributed by atoms with van der Waals surface area (Å²) in [5.41, 5.74) is 8.03. The van der Waals surface area contributed by atoms with Gasteiger partial charge in [0.2, 0.25) is 0 Å². The molecule has 1 heterocycles. The number of nitrogens with zero attached hydrogens (tertiary/aromatic N) is 1. The Hall–Kier alpha value is -0.970. The van der Waals surface area contributed by atoms with Gasteiger partial charge in [-0.05, 0) is 30.2 Å². The molecule has 3 nitrogen and oxygen atoms in total. The summed E-state index contributed by atoms with van der Waals surface area (Å²) in [5.74, 6) is -0.232. The third-order valence-electron chi connectivity index (χ3n) is 3.00. The number of rotatable bonds is 2. The molecule has 0 aliphatic carbocycles. The Bertz CT molecular complexity index is 364. The van der Waals surface area contributed by atoms with Crippen molar-refractivity contribution in [2.24, 2.45) is 5.73 Å². The van der Waals surface area contributed by atoms with Crippen molar-refractivity contribution >= 4 is 0 Å². The van der Waals surface area contributed by atoms with Gasteiger partial charge >= 0.3 is 0 Å². The van der Waals surface area contributed by atoms with E-state index in [4.69, 9.17) is 10.5 Å². The van der Waals surface area contributed by atoms with Gasteiger partial charge in [0, 0.05) is 13.1 Å². The number of hydrogen-bond acceptors (Lipinski definition) is 3. The lowest BCUT2D eigenvalue weighted by atomic mass is 10.1. The first-order valence-electron chi connectivity index (χ1n) is 5.52. The Labute approximate surface area is 95.0 Å². The van der Waals surface area contributed by atoms with Gasteiger partial charge in [0.05, 0.1) is 19.4 Å². The number of ether oxygens (including phenoxy) is 1. The van der Waals surface area contributed by atoms with Crippen LogP contribution in [0, 0.1) is 12.7 Å². The molecule has 2 rings (SSSR count). The van der Waals surface area contributed by atoms with E-state index in [0.717, 1.165) is 24.2 Å². The fourth-order valence-corrected chi connectivity index (χ4v) is 1.98.